The van der Waals surface area contributed by atoms with E-state index in [2.05, 4.69) is 10.3 Å². The molecule has 6 heteroatoms. The van der Waals surface area contributed by atoms with Crippen molar-refractivity contribution in [3.63, 3.8) is 0 Å². The van der Waals surface area contributed by atoms with Gasteiger partial charge in [-0.2, -0.15) is 5.26 Å². The lowest BCUT2D eigenvalue weighted by atomic mass is 10.2. The molecule has 0 bridgehead atoms. The Bertz CT molecular complexity index is 599. The Morgan fingerprint density at radius 2 is 2.20 bits per heavy atom. The van der Waals surface area contributed by atoms with Crippen LogP contribution in [0.4, 0.5) is 0 Å². The van der Waals surface area contributed by atoms with E-state index in [1.165, 1.54) is 0 Å². The Morgan fingerprint density at radius 1 is 1.45 bits per heavy atom. The van der Waals surface area contributed by atoms with Crippen molar-refractivity contribution >= 4 is 5.97 Å². The molecule has 2 rings (SSSR count). The van der Waals surface area contributed by atoms with E-state index >= 15 is 0 Å². The number of hydrogen-bond acceptors (Lipinski definition) is 5. The minimum absolute atomic E-state index is 0.208. The molecule has 0 fully saturated rings. The van der Waals surface area contributed by atoms with Gasteiger partial charge in [0.1, 0.15) is 6.10 Å². The summed E-state index contributed by atoms with van der Waals surface area (Å²) >= 11 is 0. The van der Waals surface area contributed by atoms with Gasteiger partial charge in [-0.05, 0) is 30.7 Å². The fourth-order valence-corrected chi connectivity index (χ4v) is 1.69. The highest BCUT2D eigenvalue weighted by molar-refractivity contribution is 5.89. The topological polar surface area (TPSA) is 80.8 Å². The van der Waals surface area contributed by atoms with Gasteiger partial charge in [0.05, 0.1) is 36.1 Å². The van der Waals surface area contributed by atoms with Crippen molar-refractivity contribution < 1.29 is 9.53 Å². The molecule has 6 nitrogen and oxygen atoms in total. The largest absolute Gasteiger partial charge is 0.458 e. The first kappa shape index (κ1) is 13.7. The number of hydrogen-bond donors (Lipinski definition) is 0. The molecule has 102 valence electrons. The molecule has 1 aromatic heterocycles. The minimum Gasteiger partial charge on any atom is -0.458 e. The lowest BCUT2D eigenvalue weighted by molar-refractivity contribution is 0.0304. The van der Waals surface area contributed by atoms with Gasteiger partial charge in [-0.3, -0.25) is 0 Å². The molecule has 1 unspecified atom stereocenters. The van der Waals surface area contributed by atoms with Gasteiger partial charge in [0.15, 0.2) is 0 Å². The first-order valence-corrected chi connectivity index (χ1v) is 6.29. The Hall–Kier alpha value is -2.68. The minimum atomic E-state index is -0.419. The van der Waals surface area contributed by atoms with Crippen molar-refractivity contribution in [3.05, 3.63) is 42.2 Å². The average Bonchev–Trinajstić information content (AvgIpc) is 3.01. The lowest BCUT2D eigenvalue weighted by Crippen LogP contribution is -2.17. The summed E-state index contributed by atoms with van der Waals surface area (Å²) in [6, 6.07) is 8.86. The molecule has 0 spiro atoms. The van der Waals surface area contributed by atoms with Crippen LogP contribution in [-0.4, -0.2) is 27.1 Å². The predicted octanol–water partition coefficient (Wildman–Crippen LogP) is 2.12. The van der Waals surface area contributed by atoms with Crippen molar-refractivity contribution in [3.8, 4) is 11.8 Å². The molecule has 1 aromatic carbocycles. The van der Waals surface area contributed by atoms with Gasteiger partial charge in [0, 0.05) is 0 Å². The van der Waals surface area contributed by atoms with E-state index in [9.17, 15) is 4.79 Å². The van der Waals surface area contributed by atoms with Crippen molar-refractivity contribution in [2.75, 3.05) is 0 Å². The molecule has 2 aromatic rings. The van der Waals surface area contributed by atoms with Gasteiger partial charge in [0.2, 0.25) is 0 Å². The molecule has 0 aliphatic heterocycles. The van der Waals surface area contributed by atoms with Gasteiger partial charge < -0.3 is 4.74 Å². The highest BCUT2D eigenvalue weighted by Crippen LogP contribution is 2.12. The van der Waals surface area contributed by atoms with Crippen LogP contribution in [0, 0.1) is 11.3 Å². The SMILES string of the molecule is CCC(CC#N)OC(=O)c1ccc(-n2ccnn2)cc1. The number of nitrogens with zero attached hydrogens (tertiary/aromatic N) is 4. The number of benzene rings is 1. The molecule has 0 amide bonds. The summed E-state index contributed by atoms with van der Waals surface area (Å²) < 4.78 is 6.86. The van der Waals surface area contributed by atoms with Crippen LogP contribution in [0.15, 0.2) is 36.7 Å². The van der Waals surface area contributed by atoms with E-state index in [1.807, 2.05) is 13.0 Å². The van der Waals surface area contributed by atoms with Gasteiger partial charge >= 0.3 is 5.97 Å². The molecule has 0 N–H and O–H groups in total. The molecular formula is C14H14N4O2. The van der Waals surface area contributed by atoms with Gasteiger partial charge in [-0.15, -0.1) is 5.10 Å². The Kier molecular flexibility index (Phi) is 4.45. The lowest BCUT2D eigenvalue weighted by Gasteiger charge is -2.12. The fraction of sp³-hybridized carbons (Fsp3) is 0.286. The number of aromatic nitrogens is 3. The molecule has 0 aliphatic carbocycles. The summed E-state index contributed by atoms with van der Waals surface area (Å²) in [5, 5.41) is 16.2. The number of carbonyl (C=O) groups excluding carboxylic acids is 1. The zero-order valence-electron chi connectivity index (χ0n) is 11.1. The smallest absolute Gasteiger partial charge is 0.338 e. The number of nitriles is 1. The zero-order valence-corrected chi connectivity index (χ0v) is 11.1. The maximum absolute atomic E-state index is 11.9. The van der Waals surface area contributed by atoms with Crippen LogP contribution >= 0.6 is 0 Å². The van der Waals surface area contributed by atoms with Crippen LogP contribution in [0.5, 0.6) is 0 Å². The summed E-state index contributed by atoms with van der Waals surface area (Å²) in [6.45, 7) is 1.88. The highest BCUT2D eigenvalue weighted by atomic mass is 16.5. The quantitative estimate of drug-likeness (QED) is 0.777. The maximum atomic E-state index is 11.9. The second-order valence-electron chi connectivity index (χ2n) is 4.19. The molecule has 0 saturated heterocycles. The molecule has 0 radical (unpaired) electrons. The summed E-state index contributed by atoms with van der Waals surface area (Å²) in [5.41, 5.74) is 1.26. The number of carbonyl (C=O) groups is 1. The molecular weight excluding hydrogens is 256 g/mol. The molecule has 0 saturated carbocycles. The summed E-state index contributed by atoms with van der Waals surface area (Å²) in [4.78, 5) is 11.9. The van der Waals surface area contributed by atoms with Crippen molar-refractivity contribution in [2.45, 2.75) is 25.9 Å². The van der Waals surface area contributed by atoms with E-state index < -0.39 is 5.97 Å². The second-order valence-corrected chi connectivity index (χ2v) is 4.19. The summed E-state index contributed by atoms with van der Waals surface area (Å²) in [5.74, 6) is -0.419. The van der Waals surface area contributed by atoms with Crippen LogP contribution in [0.1, 0.15) is 30.1 Å². The van der Waals surface area contributed by atoms with E-state index in [0.717, 1.165) is 5.69 Å². The molecule has 20 heavy (non-hydrogen) atoms. The Labute approximate surface area is 116 Å². The van der Waals surface area contributed by atoms with E-state index in [0.29, 0.717) is 12.0 Å². The van der Waals surface area contributed by atoms with Crippen molar-refractivity contribution in [2.24, 2.45) is 0 Å². The van der Waals surface area contributed by atoms with Crippen LogP contribution in [0.3, 0.4) is 0 Å². The first-order chi connectivity index (χ1) is 9.74. The average molecular weight is 270 g/mol. The summed E-state index contributed by atoms with van der Waals surface area (Å²) in [6.07, 6.45) is 3.77. The van der Waals surface area contributed by atoms with Crippen LogP contribution in [-0.2, 0) is 4.74 Å². The van der Waals surface area contributed by atoms with Crippen molar-refractivity contribution in [1.82, 2.24) is 15.0 Å². The predicted molar refractivity (Wildman–Crippen MR) is 71.1 cm³/mol. The first-order valence-electron chi connectivity index (χ1n) is 6.29. The maximum Gasteiger partial charge on any atom is 0.338 e. The Morgan fingerprint density at radius 3 is 2.75 bits per heavy atom. The van der Waals surface area contributed by atoms with E-state index in [4.69, 9.17) is 10.00 Å². The normalized spacial score (nSPS) is 11.6. The van der Waals surface area contributed by atoms with Gasteiger partial charge in [0.25, 0.3) is 0 Å². The van der Waals surface area contributed by atoms with Crippen LogP contribution in [0.2, 0.25) is 0 Å². The number of esters is 1. The van der Waals surface area contributed by atoms with E-state index in [1.54, 1.807) is 41.3 Å². The summed E-state index contributed by atoms with van der Waals surface area (Å²) in [7, 11) is 0. The third kappa shape index (κ3) is 3.20. The number of ether oxygens (including phenoxy) is 1. The highest BCUT2D eigenvalue weighted by Gasteiger charge is 2.14. The third-order valence-corrected chi connectivity index (χ3v) is 2.84. The second kappa shape index (κ2) is 6.48. The third-order valence-electron chi connectivity index (χ3n) is 2.84. The molecule has 0 aliphatic rings. The van der Waals surface area contributed by atoms with Crippen LogP contribution in [0.25, 0.3) is 5.69 Å². The fourth-order valence-electron chi connectivity index (χ4n) is 1.69. The van der Waals surface area contributed by atoms with E-state index in [-0.39, 0.29) is 12.5 Å². The van der Waals surface area contributed by atoms with Crippen LogP contribution < -0.4 is 0 Å². The monoisotopic (exact) mass is 270 g/mol. The number of rotatable bonds is 5. The Balaban J connectivity index is 2.06. The van der Waals surface area contributed by atoms with Gasteiger partial charge in [-0.25, -0.2) is 9.48 Å². The standard InChI is InChI=1S/C14H14N4O2/c1-2-13(7-8-15)20-14(19)11-3-5-12(6-4-11)18-10-9-16-17-18/h3-6,9-10,13H,2,7H2,1H3. The molecule has 1 atom stereocenters. The molecule has 1 heterocycles. The van der Waals surface area contributed by atoms with Gasteiger partial charge in [-0.1, -0.05) is 12.1 Å². The van der Waals surface area contributed by atoms with Crippen molar-refractivity contribution in [1.29, 1.82) is 5.26 Å². The zero-order chi connectivity index (χ0) is 14.4.